The summed E-state index contributed by atoms with van der Waals surface area (Å²) >= 11 is 6.15. The molecule has 0 unspecified atom stereocenters. The van der Waals surface area contributed by atoms with Crippen molar-refractivity contribution in [3.63, 3.8) is 0 Å². The minimum absolute atomic E-state index is 0.124. The number of imidazole rings is 1. The van der Waals surface area contributed by atoms with Gasteiger partial charge in [-0.2, -0.15) is 0 Å². The monoisotopic (exact) mass is 384 g/mol. The number of amides is 2. The van der Waals surface area contributed by atoms with Crippen molar-refractivity contribution in [3.05, 3.63) is 47.5 Å². The first-order valence-corrected chi connectivity index (χ1v) is 8.82. The van der Waals surface area contributed by atoms with Crippen LogP contribution in [0.4, 0.5) is 11.6 Å². The number of anilines is 2. The second kappa shape index (κ2) is 6.92. The van der Waals surface area contributed by atoms with E-state index >= 15 is 0 Å². The molecule has 0 radical (unpaired) electrons. The van der Waals surface area contributed by atoms with Gasteiger partial charge in [0.25, 0.3) is 0 Å². The van der Waals surface area contributed by atoms with E-state index in [1.165, 1.54) is 7.11 Å². The Balaban J connectivity index is 1.48. The summed E-state index contributed by atoms with van der Waals surface area (Å²) in [6.45, 7) is 0.285. The number of para-hydroxylation sites is 2. The van der Waals surface area contributed by atoms with Gasteiger partial charge in [0, 0.05) is 18.7 Å². The first-order valence-electron chi connectivity index (χ1n) is 8.44. The first-order chi connectivity index (χ1) is 13.0. The van der Waals surface area contributed by atoms with Gasteiger partial charge in [0.05, 0.1) is 29.1 Å². The number of halogens is 1. The maximum atomic E-state index is 12.6. The summed E-state index contributed by atoms with van der Waals surface area (Å²) in [6.07, 6.45) is 0.135. The second-order valence-electron chi connectivity index (χ2n) is 6.32. The molecule has 4 rings (SSSR count). The Kier molecular flexibility index (Phi) is 4.45. The fourth-order valence-electron chi connectivity index (χ4n) is 3.19. The third kappa shape index (κ3) is 3.33. The Morgan fingerprint density at radius 1 is 1.33 bits per heavy atom. The summed E-state index contributed by atoms with van der Waals surface area (Å²) in [5.41, 5.74) is 2.25. The smallest absolute Gasteiger partial charge is 0.232 e. The van der Waals surface area contributed by atoms with E-state index in [2.05, 4.69) is 15.3 Å². The van der Waals surface area contributed by atoms with E-state index in [1.54, 1.807) is 23.1 Å². The normalized spacial score (nSPS) is 16.7. The third-order valence-electron chi connectivity index (χ3n) is 4.57. The Bertz CT molecular complexity index is 1000. The molecule has 3 aromatic rings. The van der Waals surface area contributed by atoms with Gasteiger partial charge in [0.2, 0.25) is 17.8 Å². The van der Waals surface area contributed by atoms with E-state index in [4.69, 9.17) is 16.3 Å². The maximum Gasteiger partial charge on any atom is 0.232 e. The van der Waals surface area contributed by atoms with Crippen LogP contribution in [0, 0.1) is 5.92 Å². The van der Waals surface area contributed by atoms with Crippen LogP contribution in [-0.2, 0) is 9.59 Å². The number of carbonyl (C=O) groups excluding carboxylic acids is 2. The van der Waals surface area contributed by atoms with E-state index < -0.39 is 5.92 Å². The van der Waals surface area contributed by atoms with E-state index in [0.29, 0.717) is 22.4 Å². The molecule has 0 bridgehead atoms. The SMILES string of the molecule is COc1ccc(N2C[C@@H](C(=O)Nc3nc4ccccc4[nH]3)CC2=O)cc1Cl. The predicted octanol–water partition coefficient (Wildman–Crippen LogP) is 3.22. The summed E-state index contributed by atoms with van der Waals surface area (Å²) in [5.74, 6) is 0.0722. The number of H-pyrrole nitrogens is 1. The van der Waals surface area contributed by atoms with Gasteiger partial charge < -0.3 is 14.6 Å². The molecule has 0 aliphatic carbocycles. The predicted molar refractivity (Wildman–Crippen MR) is 103 cm³/mol. The highest BCUT2D eigenvalue weighted by molar-refractivity contribution is 6.32. The lowest BCUT2D eigenvalue weighted by Gasteiger charge is -2.17. The molecular weight excluding hydrogens is 368 g/mol. The molecule has 1 aliphatic rings. The molecule has 2 heterocycles. The topological polar surface area (TPSA) is 87.3 Å². The number of nitrogens with zero attached hydrogens (tertiary/aromatic N) is 2. The van der Waals surface area contributed by atoms with Gasteiger partial charge in [0.1, 0.15) is 5.75 Å². The third-order valence-corrected chi connectivity index (χ3v) is 4.87. The van der Waals surface area contributed by atoms with Gasteiger partial charge in [-0.25, -0.2) is 4.98 Å². The van der Waals surface area contributed by atoms with Crippen LogP contribution in [0.25, 0.3) is 11.0 Å². The van der Waals surface area contributed by atoms with E-state index in [9.17, 15) is 9.59 Å². The van der Waals surface area contributed by atoms with Gasteiger partial charge in [-0.15, -0.1) is 0 Å². The molecule has 7 nitrogen and oxygen atoms in total. The number of hydrogen-bond donors (Lipinski definition) is 2. The lowest BCUT2D eigenvalue weighted by Crippen LogP contribution is -2.28. The number of ether oxygens (including phenoxy) is 1. The molecule has 2 amide bonds. The molecule has 0 saturated carbocycles. The molecule has 1 aliphatic heterocycles. The zero-order chi connectivity index (χ0) is 19.0. The molecule has 1 saturated heterocycles. The molecule has 27 heavy (non-hydrogen) atoms. The van der Waals surface area contributed by atoms with Gasteiger partial charge in [0.15, 0.2) is 0 Å². The molecule has 138 valence electrons. The molecule has 1 atom stereocenters. The number of aromatic amines is 1. The van der Waals surface area contributed by atoms with E-state index in [1.807, 2.05) is 24.3 Å². The lowest BCUT2D eigenvalue weighted by atomic mass is 10.1. The minimum Gasteiger partial charge on any atom is -0.495 e. The van der Waals surface area contributed by atoms with Crippen LogP contribution in [0.5, 0.6) is 5.75 Å². The number of fused-ring (bicyclic) bond motifs is 1. The summed E-state index contributed by atoms with van der Waals surface area (Å²) in [7, 11) is 1.53. The van der Waals surface area contributed by atoms with Crippen LogP contribution >= 0.6 is 11.6 Å². The zero-order valence-corrected chi connectivity index (χ0v) is 15.3. The van der Waals surface area contributed by atoms with Crippen molar-refractivity contribution in [2.75, 3.05) is 23.9 Å². The van der Waals surface area contributed by atoms with Crippen molar-refractivity contribution >= 4 is 46.1 Å². The Morgan fingerprint density at radius 2 is 2.15 bits per heavy atom. The van der Waals surface area contributed by atoms with Crippen LogP contribution in [0.1, 0.15) is 6.42 Å². The van der Waals surface area contributed by atoms with Gasteiger partial charge in [-0.05, 0) is 30.3 Å². The number of nitrogens with one attached hydrogen (secondary N) is 2. The molecule has 1 aromatic heterocycles. The van der Waals surface area contributed by atoms with E-state index in [-0.39, 0.29) is 24.8 Å². The van der Waals surface area contributed by atoms with Crippen LogP contribution < -0.4 is 15.0 Å². The molecule has 2 aromatic carbocycles. The number of methoxy groups -OCH3 is 1. The van der Waals surface area contributed by atoms with Crippen LogP contribution in [0.3, 0.4) is 0 Å². The van der Waals surface area contributed by atoms with Crippen molar-refractivity contribution in [2.24, 2.45) is 5.92 Å². The fourth-order valence-corrected chi connectivity index (χ4v) is 3.44. The van der Waals surface area contributed by atoms with E-state index in [0.717, 1.165) is 11.0 Å². The highest BCUT2D eigenvalue weighted by Crippen LogP contribution is 2.32. The Hall–Kier alpha value is -3.06. The van der Waals surface area contributed by atoms with Crippen molar-refractivity contribution in [2.45, 2.75) is 6.42 Å². The zero-order valence-electron chi connectivity index (χ0n) is 14.5. The highest BCUT2D eigenvalue weighted by atomic mass is 35.5. The molecular formula is C19H17ClN4O3. The van der Waals surface area contributed by atoms with Crippen molar-refractivity contribution in [1.29, 1.82) is 0 Å². The van der Waals surface area contributed by atoms with Crippen LogP contribution in [-0.4, -0.2) is 35.4 Å². The molecule has 0 spiro atoms. The number of rotatable bonds is 4. The second-order valence-corrected chi connectivity index (χ2v) is 6.72. The van der Waals surface area contributed by atoms with Crippen molar-refractivity contribution in [1.82, 2.24) is 9.97 Å². The number of aromatic nitrogens is 2. The Labute approximate surface area is 160 Å². The molecule has 8 heteroatoms. The van der Waals surface area contributed by atoms with Crippen LogP contribution in [0.2, 0.25) is 5.02 Å². The van der Waals surface area contributed by atoms with Gasteiger partial charge in [-0.1, -0.05) is 23.7 Å². The summed E-state index contributed by atoms with van der Waals surface area (Å²) in [6, 6.07) is 12.6. The average Bonchev–Trinajstić information content (AvgIpc) is 3.24. The maximum absolute atomic E-state index is 12.6. The minimum atomic E-state index is -0.466. The van der Waals surface area contributed by atoms with Gasteiger partial charge in [-0.3, -0.25) is 14.9 Å². The van der Waals surface area contributed by atoms with Crippen molar-refractivity contribution < 1.29 is 14.3 Å². The van der Waals surface area contributed by atoms with Gasteiger partial charge >= 0.3 is 0 Å². The summed E-state index contributed by atoms with van der Waals surface area (Å²) in [5, 5.41) is 3.18. The highest BCUT2D eigenvalue weighted by Gasteiger charge is 2.35. The summed E-state index contributed by atoms with van der Waals surface area (Å²) in [4.78, 5) is 33.9. The van der Waals surface area contributed by atoms with Crippen molar-refractivity contribution in [3.8, 4) is 5.75 Å². The number of hydrogen-bond acceptors (Lipinski definition) is 4. The number of benzene rings is 2. The van der Waals surface area contributed by atoms with Crippen LogP contribution in [0.15, 0.2) is 42.5 Å². The fraction of sp³-hybridized carbons (Fsp3) is 0.211. The largest absolute Gasteiger partial charge is 0.495 e. The molecule has 2 N–H and O–H groups in total. The lowest BCUT2D eigenvalue weighted by molar-refractivity contribution is -0.122. The number of carbonyl (C=O) groups is 2. The first kappa shape index (κ1) is 17.4. The molecule has 1 fully saturated rings. The summed E-state index contributed by atoms with van der Waals surface area (Å²) < 4.78 is 5.13. The Morgan fingerprint density at radius 3 is 2.89 bits per heavy atom. The average molecular weight is 385 g/mol. The standard InChI is InChI=1S/C19H17ClN4O3/c1-27-16-7-6-12(9-13(16)20)24-10-11(8-17(24)25)18(26)23-19-21-14-4-2-3-5-15(14)22-19/h2-7,9,11H,8,10H2,1H3,(H2,21,22,23,26)/t11-/m0/s1. The quantitative estimate of drug-likeness (QED) is 0.723.